The second-order valence-corrected chi connectivity index (χ2v) is 12.4. The quantitative estimate of drug-likeness (QED) is 0.274. The summed E-state index contributed by atoms with van der Waals surface area (Å²) in [4.78, 5) is 0. The molecule has 2 fully saturated rings. The monoisotopic (exact) mass is 451 g/mol. The van der Waals surface area contributed by atoms with Crippen LogP contribution in [0.2, 0.25) is 0 Å². The lowest BCUT2D eigenvalue weighted by atomic mass is 9.60. The van der Waals surface area contributed by atoms with Gasteiger partial charge in [0.05, 0.1) is 6.10 Å². The lowest BCUT2D eigenvalue weighted by Crippen LogP contribution is -2.46. The van der Waals surface area contributed by atoms with Gasteiger partial charge in [0.25, 0.3) is 0 Å². The maximum absolute atomic E-state index is 9.43. The summed E-state index contributed by atoms with van der Waals surface area (Å²) >= 11 is 0. The lowest BCUT2D eigenvalue weighted by Gasteiger charge is -2.48. The van der Waals surface area contributed by atoms with E-state index in [0.717, 1.165) is 50.0 Å². The van der Waals surface area contributed by atoms with E-state index >= 15 is 0 Å². The van der Waals surface area contributed by atoms with Gasteiger partial charge < -0.3 is 15.6 Å². The second-order valence-electron chi connectivity index (χ2n) is 12.4. The Hall–Kier alpha value is -0.120. The molecule has 4 unspecified atom stereocenters. The predicted molar refractivity (Wildman–Crippen MR) is 138 cm³/mol. The van der Waals surface area contributed by atoms with Gasteiger partial charge in [0.1, 0.15) is 0 Å². The van der Waals surface area contributed by atoms with Crippen LogP contribution in [0.4, 0.5) is 0 Å². The van der Waals surface area contributed by atoms with Crippen LogP contribution in [0.3, 0.4) is 0 Å². The van der Waals surface area contributed by atoms with Crippen molar-refractivity contribution < 1.29 is 9.84 Å². The number of ether oxygens (including phenoxy) is 1. The van der Waals surface area contributed by atoms with Crippen LogP contribution >= 0.6 is 0 Å². The molecule has 0 aliphatic heterocycles. The fourth-order valence-corrected chi connectivity index (χ4v) is 7.96. The maximum atomic E-state index is 9.43. The van der Waals surface area contributed by atoms with Crippen LogP contribution < -0.4 is 5.73 Å². The normalized spacial score (nSPS) is 33.2. The molecule has 0 heterocycles. The molecular weight excluding hydrogens is 394 g/mol. The Balaban J connectivity index is 2.16. The average molecular weight is 452 g/mol. The van der Waals surface area contributed by atoms with Gasteiger partial charge in [-0.15, -0.1) is 0 Å². The van der Waals surface area contributed by atoms with Crippen LogP contribution in [0.5, 0.6) is 0 Å². The summed E-state index contributed by atoms with van der Waals surface area (Å²) in [6.07, 6.45) is 15.5. The fraction of sp³-hybridized carbons (Fsp3) is 1.00. The van der Waals surface area contributed by atoms with E-state index in [1.54, 1.807) is 0 Å². The summed E-state index contributed by atoms with van der Waals surface area (Å²) in [5, 5.41) is 9.43. The molecule has 2 aliphatic carbocycles. The van der Waals surface area contributed by atoms with E-state index in [0.29, 0.717) is 36.5 Å². The van der Waals surface area contributed by atoms with Crippen LogP contribution in [0.25, 0.3) is 0 Å². The zero-order valence-corrected chi connectivity index (χ0v) is 22.5. The van der Waals surface area contributed by atoms with E-state index in [4.69, 9.17) is 10.5 Å². The van der Waals surface area contributed by atoms with Gasteiger partial charge in [-0.05, 0) is 105 Å². The molecule has 3 N–H and O–H groups in total. The smallest absolute Gasteiger partial charge is 0.0631 e. The Morgan fingerprint density at radius 2 is 1.62 bits per heavy atom. The maximum Gasteiger partial charge on any atom is 0.0631 e. The molecule has 0 spiro atoms. The van der Waals surface area contributed by atoms with Gasteiger partial charge in [0.2, 0.25) is 0 Å². The van der Waals surface area contributed by atoms with Gasteiger partial charge in [0, 0.05) is 13.2 Å². The van der Waals surface area contributed by atoms with Crippen molar-refractivity contribution in [3.8, 4) is 0 Å². The third kappa shape index (κ3) is 6.72. The van der Waals surface area contributed by atoms with Crippen LogP contribution in [0.15, 0.2) is 0 Å². The molecule has 0 aromatic heterocycles. The Bertz CT molecular complexity index is 521. The summed E-state index contributed by atoms with van der Waals surface area (Å²) < 4.78 is 6.58. The predicted octanol–water partition coefficient (Wildman–Crippen LogP) is 7.20. The van der Waals surface area contributed by atoms with Crippen molar-refractivity contribution in [1.82, 2.24) is 0 Å². The minimum atomic E-state index is 0.222. The zero-order chi connectivity index (χ0) is 23.8. The van der Waals surface area contributed by atoms with E-state index in [9.17, 15) is 5.11 Å². The van der Waals surface area contributed by atoms with Crippen molar-refractivity contribution in [2.45, 2.75) is 125 Å². The SMILES string of the molecule is CC[C@H](OCCCN)[C@@]1(C)C(C(C)CCC2CCCCC2(C)C)CCC1[C@H](C)CCCO. The van der Waals surface area contributed by atoms with Crippen LogP contribution in [-0.4, -0.2) is 31.0 Å². The number of rotatable bonds is 14. The summed E-state index contributed by atoms with van der Waals surface area (Å²) in [5.74, 6) is 3.72. The molecule has 0 aromatic carbocycles. The molecule has 0 amide bonds. The Morgan fingerprint density at radius 1 is 0.969 bits per heavy atom. The number of hydrogen-bond donors (Lipinski definition) is 2. The minimum Gasteiger partial charge on any atom is -0.396 e. The Morgan fingerprint density at radius 3 is 2.19 bits per heavy atom. The topological polar surface area (TPSA) is 55.5 Å². The third-order valence-corrected chi connectivity index (χ3v) is 10.0. The molecule has 2 rings (SSSR count). The third-order valence-electron chi connectivity index (χ3n) is 10.0. The average Bonchev–Trinajstić information content (AvgIpc) is 3.11. The van der Waals surface area contributed by atoms with E-state index in [-0.39, 0.29) is 5.41 Å². The number of hydrogen-bond acceptors (Lipinski definition) is 3. The van der Waals surface area contributed by atoms with Crippen LogP contribution in [0.1, 0.15) is 119 Å². The fourth-order valence-electron chi connectivity index (χ4n) is 7.96. The van der Waals surface area contributed by atoms with E-state index in [2.05, 4.69) is 41.5 Å². The highest BCUT2D eigenvalue weighted by atomic mass is 16.5. The molecule has 2 aliphatic rings. The van der Waals surface area contributed by atoms with Crippen LogP contribution in [0, 0.1) is 40.4 Å². The first-order chi connectivity index (χ1) is 15.2. The molecule has 3 nitrogen and oxygen atoms in total. The van der Waals surface area contributed by atoms with Gasteiger partial charge in [-0.3, -0.25) is 0 Å². The largest absolute Gasteiger partial charge is 0.396 e. The lowest BCUT2D eigenvalue weighted by molar-refractivity contribution is -0.0963. The van der Waals surface area contributed by atoms with E-state index < -0.39 is 0 Å². The summed E-state index contributed by atoms with van der Waals surface area (Å²) in [6.45, 7) is 16.7. The Labute approximate surface area is 200 Å². The van der Waals surface area contributed by atoms with E-state index in [1.165, 1.54) is 51.4 Å². The first-order valence-electron chi connectivity index (χ1n) is 14.1. The molecule has 0 bridgehead atoms. The standard InChI is InChI=1S/C29H57NO2/c1-7-27(32-21-11-19-30)29(6)25(22(2)12-10-20-31)16-17-26(29)23(3)14-15-24-13-8-9-18-28(24,4)5/h22-27,31H,7-21,30H2,1-6H3/t22-,23?,24?,25?,26?,27+,29-/m1/s1. The molecule has 7 atom stereocenters. The molecule has 3 heteroatoms. The van der Waals surface area contributed by atoms with E-state index in [1.807, 2.05) is 0 Å². The molecule has 32 heavy (non-hydrogen) atoms. The van der Waals surface area contributed by atoms with Gasteiger partial charge in [0.15, 0.2) is 0 Å². The summed E-state index contributed by atoms with van der Waals surface area (Å²) in [6, 6.07) is 0. The number of nitrogens with two attached hydrogens (primary N) is 1. The molecule has 0 aromatic rings. The first kappa shape index (κ1) is 28.1. The van der Waals surface area contributed by atoms with Crippen molar-refractivity contribution in [1.29, 1.82) is 0 Å². The van der Waals surface area contributed by atoms with Crippen molar-refractivity contribution in [2.75, 3.05) is 19.8 Å². The summed E-state index contributed by atoms with van der Waals surface area (Å²) in [5.41, 5.74) is 6.52. The van der Waals surface area contributed by atoms with Crippen molar-refractivity contribution in [3.05, 3.63) is 0 Å². The van der Waals surface area contributed by atoms with Crippen molar-refractivity contribution in [2.24, 2.45) is 46.2 Å². The van der Waals surface area contributed by atoms with Gasteiger partial charge in [-0.25, -0.2) is 0 Å². The highest BCUT2D eigenvalue weighted by Crippen LogP contribution is 2.58. The number of aliphatic hydroxyl groups excluding tert-OH is 1. The minimum absolute atomic E-state index is 0.222. The molecular formula is C29H57NO2. The summed E-state index contributed by atoms with van der Waals surface area (Å²) in [7, 11) is 0. The molecule has 2 saturated carbocycles. The van der Waals surface area contributed by atoms with Gasteiger partial charge in [-0.2, -0.15) is 0 Å². The molecule has 0 saturated heterocycles. The van der Waals surface area contributed by atoms with Gasteiger partial charge >= 0.3 is 0 Å². The highest BCUT2D eigenvalue weighted by Gasteiger charge is 2.54. The second kappa shape index (κ2) is 13.1. The van der Waals surface area contributed by atoms with Gasteiger partial charge in [-0.1, -0.05) is 60.8 Å². The highest BCUT2D eigenvalue weighted by molar-refractivity contribution is 5.02. The molecule has 0 radical (unpaired) electrons. The number of aliphatic hydroxyl groups is 1. The van der Waals surface area contributed by atoms with Crippen molar-refractivity contribution in [3.63, 3.8) is 0 Å². The molecule has 190 valence electrons. The van der Waals surface area contributed by atoms with Crippen molar-refractivity contribution >= 4 is 0 Å². The van der Waals surface area contributed by atoms with Crippen LogP contribution in [-0.2, 0) is 4.74 Å². The first-order valence-corrected chi connectivity index (χ1v) is 14.1. The Kier molecular flexibility index (Phi) is 11.5. The zero-order valence-electron chi connectivity index (χ0n) is 22.5.